The zero-order valence-corrected chi connectivity index (χ0v) is 12.9. The van der Waals surface area contributed by atoms with Crippen molar-refractivity contribution in [1.82, 2.24) is 0 Å². The lowest BCUT2D eigenvalue weighted by Crippen LogP contribution is -2.32. The summed E-state index contributed by atoms with van der Waals surface area (Å²) in [5.74, 6) is 0.831. The van der Waals surface area contributed by atoms with Crippen molar-refractivity contribution in [1.29, 1.82) is 0 Å². The number of hydrogen-bond acceptors (Lipinski definition) is 1. The number of benzene rings is 1. The highest BCUT2D eigenvalue weighted by Gasteiger charge is 2.35. The molecule has 1 aliphatic rings. The molecule has 2 rings (SSSR count). The van der Waals surface area contributed by atoms with Gasteiger partial charge in [0.25, 0.3) is 0 Å². The molecule has 1 aromatic carbocycles. The van der Waals surface area contributed by atoms with E-state index in [2.05, 4.69) is 39.8 Å². The highest BCUT2D eigenvalue weighted by molar-refractivity contribution is 5.40. The highest BCUT2D eigenvalue weighted by Crippen LogP contribution is 2.42. The summed E-state index contributed by atoms with van der Waals surface area (Å²) < 4.78 is 0. The Morgan fingerprint density at radius 2 is 1.63 bits per heavy atom. The minimum Gasteiger partial charge on any atom is -0.385 e. The second-order valence-corrected chi connectivity index (χ2v) is 6.52. The van der Waals surface area contributed by atoms with Crippen LogP contribution < -0.4 is 0 Å². The van der Waals surface area contributed by atoms with Gasteiger partial charge in [0, 0.05) is 0 Å². The fraction of sp³-hybridized carbons (Fsp3) is 0.667. The van der Waals surface area contributed by atoms with Gasteiger partial charge in [-0.15, -0.1) is 0 Å². The van der Waals surface area contributed by atoms with E-state index < -0.39 is 5.60 Å². The van der Waals surface area contributed by atoms with E-state index >= 15 is 0 Å². The maximum absolute atomic E-state index is 11.0. The Balaban J connectivity index is 2.20. The standard InChI is InChI=1S/C18H28O/c1-5-6-16-7-9-18(19,10-8-16)17-12-14(3)13(2)11-15(17)4/h11-12,16,19H,5-10H2,1-4H3. The highest BCUT2D eigenvalue weighted by atomic mass is 16.3. The minimum atomic E-state index is -0.577. The van der Waals surface area contributed by atoms with Crippen molar-refractivity contribution < 1.29 is 5.11 Å². The molecule has 0 atom stereocenters. The van der Waals surface area contributed by atoms with Gasteiger partial charge >= 0.3 is 0 Å². The van der Waals surface area contributed by atoms with Gasteiger partial charge in [0.1, 0.15) is 0 Å². The summed E-state index contributed by atoms with van der Waals surface area (Å²) in [6.07, 6.45) is 6.81. The molecular formula is C18H28O. The lowest BCUT2D eigenvalue weighted by atomic mass is 9.72. The summed E-state index contributed by atoms with van der Waals surface area (Å²) in [5, 5.41) is 11.0. The van der Waals surface area contributed by atoms with E-state index in [1.165, 1.54) is 47.9 Å². The maximum Gasteiger partial charge on any atom is 0.0899 e. The second kappa shape index (κ2) is 5.66. The Morgan fingerprint density at radius 1 is 1.05 bits per heavy atom. The van der Waals surface area contributed by atoms with Gasteiger partial charge in [-0.05, 0) is 74.6 Å². The van der Waals surface area contributed by atoms with Crippen LogP contribution in [0.5, 0.6) is 0 Å². The van der Waals surface area contributed by atoms with Crippen molar-refractivity contribution in [2.75, 3.05) is 0 Å². The van der Waals surface area contributed by atoms with E-state index in [-0.39, 0.29) is 0 Å². The molecule has 0 spiro atoms. The van der Waals surface area contributed by atoms with Crippen LogP contribution in [0.15, 0.2) is 12.1 Å². The summed E-state index contributed by atoms with van der Waals surface area (Å²) in [6.45, 7) is 8.69. The first-order chi connectivity index (χ1) is 8.96. The molecule has 0 heterocycles. The Bertz CT molecular complexity index is 439. The molecule has 1 saturated carbocycles. The lowest BCUT2D eigenvalue weighted by Gasteiger charge is -2.37. The van der Waals surface area contributed by atoms with Gasteiger partial charge in [0.05, 0.1) is 5.60 Å². The number of aryl methyl sites for hydroxylation is 3. The Morgan fingerprint density at radius 3 is 2.21 bits per heavy atom. The molecular weight excluding hydrogens is 232 g/mol. The first-order valence-electron chi connectivity index (χ1n) is 7.77. The fourth-order valence-electron chi connectivity index (χ4n) is 3.58. The monoisotopic (exact) mass is 260 g/mol. The molecule has 0 unspecified atom stereocenters. The van der Waals surface area contributed by atoms with Crippen LogP contribution in [0.2, 0.25) is 0 Å². The SMILES string of the molecule is CCCC1CCC(O)(c2cc(C)c(C)cc2C)CC1. The topological polar surface area (TPSA) is 20.2 Å². The second-order valence-electron chi connectivity index (χ2n) is 6.52. The van der Waals surface area contributed by atoms with E-state index in [1.807, 2.05) is 0 Å². The third-order valence-corrected chi connectivity index (χ3v) is 4.97. The van der Waals surface area contributed by atoms with Gasteiger partial charge in [-0.25, -0.2) is 0 Å². The molecule has 0 bridgehead atoms. The largest absolute Gasteiger partial charge is 0.385 e. The molecule has 0 amide bonds. The van der Waals surface area contributed by atoms with E-state index in [1.54, 1.807) is 0 Å². The fourth-order valence-corrected chi connectivity index (χ4v) is 3.58. The molecule has 1 N–H and O–H groups in total. The van der Waals surface area contributed by atoms with Gasteiger partial charge < -0.3 is 5.11 Å². The zero-order chi connectivity index (χ0) is 14.0. The lowest BCUT2D eigenvalue weighted by molar-refractivity contribution is -0.0157. The van der Waals surface area contributed by atoms with Crippen molar-refractivity contribution in [2.24, 2.45) is 5.92 Å². The van der Waals surface area contributed by atoms with Gasteiger partial charge in [-0.3, -0.25) is 0 Å². The molecule has 0 aliphatic heterocycles. The van der Waals surface area contributed by atoms with Gasteiger partial charge in [0.15, 0.2) is 0 Å². The molecule has 1 fully saturated rings. The molecule has 1 aliphatic carbocycles. The van der Waals surface area contributed by atoms with Gasteiger partial charge in [0.2, 0.25) is 0 Å². The third kappa shape index (κ3) is 3.02. The number of rotatable bonds is 3. The predicted molar refractivity (Wildman–Crippen MR) is 81.4 cm³/mol. The Kier molecular flexibility index (Phi) is 4.35. The van der Waals surface area contributed by atoms with Crippen molar-refractivity contribution in [3.05, 3.63) is 34.4 Å². The Hall–Kier alpha value is -0.820. The zero-order valence-electron chi connectivity index (χ0n) is 12.9. The molecule has 106 valence electrons. The average molecular weight is 260 g/mol. The van der Waals surface area contributed by atoms with Crippen LogP contribution in [0.25, 0.3) is 0 Å². The van der Waals surface area contributed by atoms with Crippen molar-refractivity contribution in [2.45, 2.75) is 71.8 Å². The molecule has 0 radical (unpaired) electrons. The summed E-state index contributed by atoms with van der Waals surface area (Å²) >= 11 is 0. The number of hydrogen-bond donors (Lipinski definition) is 1. The van der Waals surface area contributed by atoms with Crippen molar-refractivity contribution in [3.63, 3.8) is 0 Å². The van der Waals surface area contributed by atoms with E-state index in [0.717, 1.165) is 18.8 Å². The molecule has 1 nitrogen and oxygen atoms in total. The summed E-state index contributed by atoms with van der Waals surface area (Å²) in [7, 11) is 0. The predicted octanol–water partition coefficient (Wildman–Crippen LogP) is 4.79. The van der Waals surface area contributed by atoms with Crippen LogP contribution in [0, 0.1) is 26.7 Å². The molecule has 0 saturated heterocycles. The van der Waals surface area contributed by atoms with E-state index in [4.69, 9.17) is 0 Å². The maximum atomic E-state index is 11.0. The van der Waals surface area contributed by atoms with E-state index in [9.17, 15) is 5.11 Å². The van der Waals surface area contributed by atoms with Crippen LogP contribution in [-0.4, -0.2) is 5.11 Å². The Labute approximate surface area is 118 Å². The van der Waals surface area contributed by atoms with Gasteiger partial charge in [-0.2, -0.15) is 0 Å². The van der Waals surface area contributed by atoms with Crippen molar-refractivity contribution >= 4 is 0 Å². The molecule has 0 aromatic heterocycles. The normalized spacial score (nSPS) is 27.5. The molecule has 19 heavy (non-hydrogen) atoms. The quantitative estimate of drug-likeness (QED) is 0.828. The van der Waals surface area contributed by atoms with Crippen LogP contribution in [0.3, 0.4) is 0 Å². The van der Waals surface area contributed by atoms with Crippen LogP contribution >= 0.6 is 0 Å². The van der Waals surface area contributed by atoms with Crippen LogP contribution in [0.1, 0.15) is 67.7 Å². The van der Waals surface area contributed by atoms with Crippen LogP contribution in [-0.2, 0) is 5.60 Å². The molecule has 1 heteroatoms. The first kappa shape index (κ1) is 14.6. The first-order valence-corrected chi connectivity index (χ1v) is 7.77. The molecule has 1 aromatic rings. The third-order valence-electron chi connectivity index (χ3n) is 4.97. The van der Waals surface area contributed by atoms with Gasteiger partial charge in [-0.1, -0.05) is 31.9 Å². The average Bonchev–Trinajstić information content (AvgIpc) is 2.37. The minimum absolute atomic E-state index is 0.577. The van der Waals surface area contributed by atoms with Crippen LogP contribution in [0.4, 0.5) is 0 Å². The summed E-state index contributed by atoms with van der Waals surface area (Å²) in [6, 6.07) is 4.44. The summed E-state index contributed by atoms with van der Waals surface area (Å²) in [5.41, 5.74) is 4.46. The summed E-state index contributed by atoms with van der Waals surface area (Å²) in [4.78, 5) is 0. The number of aliphatic hydroxyl groups is 1. The van der Waals surface area contributed by atoms with E-state index in [0.29, 0.717) is 0 Å². The van der Waals surface area contributed by atoms with Crippen molar-refractivity contribution in [3.8, 4) is 0 Å². The smallest absolute Gasteiger partial charge is 0.0899 e.